The van der Waals surface area contributed by atoms with E-state index in [9.17, 15) is 0 Å². The van der Waals surface area contributed by atoms with Crippen molar-refractivity contribution < 1.29 is 4.74 Å². The first kappa shape index (κ1) is 13.4. The van der Waals surface area contributed by atoms with Crippen molar-refractivity contribution in [3.05, 3.63) is 29.8 Å². The lowest BCUT2D eigenvalue weighted by Gasteiger charge is -2.27. The maximum atomic E-state index is 5.30. The van der Waals surface area contributed by atoms with Crippen LogP contribution in [-0.2, 0) is 0 Å². The predicted octanol–water partition coefficient (Wildman–Crippen LogP) is 2.35. The average molecular weight is 248 g/mol. The Morgan fingerprint density at radius 3 is 2.83 bits per heavy atom. The third kappa shape index (κ3) is 3.47. The van der Waals surface area contributed by atoms with Gasteiger partial charge in [-0.1, -0.05) is 12.1 Å². The van der Waals surface area contributed by atoms with Crippen molar-refractivity contribution >= 4 is 0 Å². The van der Waals surface area contributed by atoms with Crippen LogP contribution in [0, 0.1) is 5.92 Å². The summed E-state index contributed by atoms with van der Waals surface area (Å²) in [5, 5.41) is 6.86. The molecule has 1 aliphatic heterocycles. The highest BCUT2D eigenvalue weighted by Gasteiger charge is 2.19. The van der Waals surface area contributed by atoms with Crippen LogP contribution in [0.5, 0.6) is 5.75 Å². The van der Waals surface area contributed by atoms with E-state index in [1.165, 1.54) is 37.9 Å². The van der Waals surface area contributed by atoms with Gasteiger partial charge in [0.15, 0.2) is 0 Å². The van der Waals surface area contributed by atoms with Crippen LogP contribution in [0.15, 0.2) is 24.3 Å². The Bertz CT molecular complexity index is 361. The molecule has 18 heavy (non-hydrogen) atoms. The van der Waals surface area contributed by atoms with Gasteiger partial charge in [-0.15, -0.1) is 0 Å². The Hall–Kier alpha value is -1.06. The first-order valence-electron chi connectivity index (χ1n) is 6.85. The van der Waals surface area contributed by atoms with E-state index < -0.39 is 0 Å². The normalized spacial score (nSPS) is 18.6. The van der Waals surface area contributed by atoms with Crippen LogP contribution in [0.1, 0.15) is 30.9 Å². The molecule has 0 bridgehead atoms. The lowest BCUT2D eigenvalue weighted by molar-refractivity contribution is 0.317. The van der Waals surface area contributed by atoms with Crippen molar-refractivity contribution in [3.63, 3.8) is 0 Å². The molecule has 2 N–H and O–H groups in total. The quantitative estimate of drug-likeness (QED) is 0.839. The van der Waals surface area contributed by atoms with Gasteiger partial charge in [-0.25, -0.2) is 0 Å². The summed E-state index contributed by atoms with van der Waals surface area (Å²) in [5.74, 6) is 1.77. The van der Waals surface area contributed by atoms with Crippen molar-refractivity contribution in [3.8, 4) is 5.75 Å². The highest BCUT2D eigenvalue weighted by Crippen LogP contribution is 2.28. The Morgan fingerprint density at radius 2 is 2.17 bits per heavy atom. The van der Waals surface area contributed by atoms with Crippen LogP contribution in [0.2, 0.25) is 0 Å². The fourth-order valence-electron chi connectivity index (χ4n) is 2.73. The number of hydrogen-bond donors (Lipinski definition) is 2. The van der Waals surface area contributed by atoms with Crippen LogP contribution in [-0.4, -0.2) is 27.2 Å². The van der Waals surface area contributed by atoms with E-state index in [1.807, 2.05) is 13.1 Å². The van der Waals surface area contributed by atoms with Gasteiger partial charge in [0.1, 0.15) is 5.75 Å². The molecule has 1 heterocycles. The molecule has 1 unspecified atom stereocenters. The molecule has 0 amide bonds. The van der Waals surface area contributed by atoms with Crippen LogP contribution in [0.3, 0.4) is 0 Å². The zero-order valence-electron chi connectivity index (χ0n) is 11.4. The van der Waals surface area contributed by atoms with Gasteiger partial charge in [0.05, 0.1) is 7.11 Å². The van der Waals surface area contributed by atoms with Gasteiger partial charge < -0.3 is 15.4 Å². The maximum Gasteiger partial charge on any atom is 0.119 e. The van der Waals surface area contributed by atoms with Gasteiger partial charge in [0.2, 0.25) is 0 Å². The van der Waals surface area contributed by atoms with E-state index in [0.29, 0.717) is 6.04 Å². The Balaban J connectivity index is 2.02. The molecule has 0 spiro atoms. The molecule has 2 rings (SSSR count). The molecule has 1 fully saturated rings. The first-order valence-corrected chi connectivity index (χ1v) is 6.85. The van der Waals surface area contributed by atoms with E-state index in [0.717, 1.165) is 11.7 Å². The van der Waals surface area contributed by atoms with E-state index in [4.69, 9.17) is 4.74 Å². The third-order valence-corrected chi connectivity index (χ3v) is 3.87. The largest absolute Gasteiger partial charge is 0.497 e. The second-order valence-corrected chi connectivity index (χ2v) is 5.05. The van der Waals surface area contributed by atoms with Crippen LogP contribution < -0.4 is 15.4 Å². The average Bonchev–Trinajstić information content (AvgIpc) is 2.46. The monoisotopic (exact) mass is 248 g/mol. The zero-order valence-corrected chi connectivity index (χ0v) is 11.4. The summed E-state index contributed by atoms with van der Waals surface area (Å²) in [6.07, 6.45) is 3.80. The van der Waals surface area contributed by atoms with E-state index in [2.05, 4.69) is 28.8 Å². The molecule has 1 aromatic rings. The summed E-state index contributed by atoms with van der Waals surface area (Å²) < 4.78 is 5.30. The molecule has 1 atom stereocenters. The first-order chi connectivity index (χ1) is 8.83. The number of methoxy groups -OCH3 is 1. The standard InChI is InChI=1S/C15H24N2O/c1-16-15(10-12-6-8-17-9-7-12)13-4-3-5-14(11-13)18-2/h3-5,11-12,15-17H,6-10H2,1-2H3. The highest BCUT2D eigenvalue weighted by molar-refractivity contribution is 5.30. The smallest absolute Gasteiger partial charge is 0.119 e. The lowest BCUT2D eigenvalue weighted by Crippen LogP contribution is -2.30. The second kappa shape index (κ2) is 6.76. The zero-order chi connectivity index (χ0) is 12.8. The molecule has 100 valence electrons. The minimum Gasteiger partial charge on any atom is -0.497 e. The highest BCUT2D eigenvalue weighted by atomic mass is 16.5. The Morgan fingerprint density at radius 1 is 1.39 bits per heavy atom. The molecule has 0 aromatic heterocycles. The van der Waals surface area contributed by atoms with Crippen molar-refractivity contribution in [1.82, 2.24) is 10.6 Å². The van der Waals surface area contributed by atoms with Crippen LogP contribution in [0.25, 0.3) is 0 Å². The molecule has 3 nitrogen and oxygen atoms in total. The van der Waals surface area contributed by atoms with E-state index in [-0.39, 0.29) is 0 Å². The topological polar surface area (TPSA) is 33.3 Å². The molecule has 1 saturated heterocycles. The molecular formula is C15H24N2O. The van der Waals surface area contributed by atoms with Gasteiger partial charge in [-0.3, -0.25) is 0 Å². The van der Waals surface area contributed by atoms with Gasteiger partial charge in [0, 0.05) is 6.04 Å². The van der Waals surface area contributed by atoms with Crippen molar-refractivity contribution in [2.45, 2.75) is 25.3 Å². The molecule has 1 aromatic carbocycles. The van der Waals surface area contributed by atoms with Crippen LogP contribution in [0.4, 0.5) is 0 Å². The van der Waals surface area contributed by atoms with E-state index >= 15 is 0 Å². The van der Waals surface area contributed by atoms with Crippen LogP contribution >= 0.6 is 0 Å². The van der Waals surface area contributed by atoms with Crippen molar-refractivity contribution in [2.75, 3.05) is 27.2 Å². The SMILES string of the molecule is CNC(CC1CCNCC1)c1cccc(OC)c1. The van der Waals surface area contributed by atoms with Gasteiger partial charge in [-0.2, -0.15) is 0 Å². The van der Waals surface area contributed by atoms with E-state index in [1.54, 1.807) is 7.11 Å². The lowest BCUT2D eigenvalue weighted by atomic mass is 9.88. The number of ether oxygens (including phenoxy) is 1. The summed E-state index contributed by atoms with van der Waals surface area (Å²) in [6.45, 7) is 2.33. The van der Waals surface area contributed by atoms with Crippen molar-refractivity contribution in [2.24, 2.45) is 5.92 Å². The maximum absolute atomic E-state index is 5.30. The Kier molecular flexibility index (Phi) is 5.02. The molecule has 0 saturated carbocycles. The summed E-state index contributed by atoms with van der Waals surface area (Å²) in [7, 11) is 3.77. The second-order valence-electron chi connectivity index (χ2n) is 5.05. The number of piperidine rings is 1. The number of hydrogen-bond acceptors (Lipinski definition) is 3. The molecule has 0 radical (unpaired) electrons. The Labute approximate surface area is 110 Å². The number of rotatable bonds is 5. The number of benzene rings is 1. The predicted molar refractivity (Wildman–Crippen MR) is 75.0 cm³/mol. The molecular weight excluding hydrogens is 224 g/mol. The van der Waals surface area contributed by atoms with Gasteiger partial charge in [0.25, 0.3) is 0 Å². The summed E-state index contributed by atoms with van der Waals surface area (Å²) in [5.41, 5.74) is 1.33. The minimum absolute atomic E-state index is 0.434. The number of nitrogens with one attached hydrogen (secondary N) is 2. The van der Waals surface area contributed by atoms with Crippen molar-refractivity contribution in [1.29, 1.82) is 0 Å². The third-order valence-electron chi connectivity index (χ3n) is 3.87. The van der Waals surface area contributed by atoms with Gasteiger partial charge >= 0.3 is 0 Å². The molecule has 0 aliphatic carbocycles. The fourth-order valence-corrected chi connectivity index (χ4v) is 2.73. The molecule has 3 heteroatoms. The fraction of sp³-hybridized carbons (Fsp3) is 0.600. The summed E-state index contributed by atoms with van der Waals surface area (Å²) in [4.78, 5) is 0. The summed E-state index contributed by atoms with van der Waals surface area (Å²) >= 11 is 0. The minimum atomic E-state index is 0.434. The summed E-state index contributed by atoms with van der Waals surface area (Å²) in [6, 6.07) is 8.83. The van der Waals surface area contributed by atoms with Gasteiger partial charge in [-0.05, 0) is 63.0 Å². The molecule has 1 aliphatic rings.